The number of piperazine rings is 1. The highest BCUT2D eigenvalue weighted by Gasteiger charge is 2.45. The van der Waals surface area contributed by atoms with E-state index in [4.69, 9.17) is 19.4 Å². The maximum atomic E-state index is 13.1. The van der Waals surface area contributed by atoms with Crippen LogP contribution in [0.25, 0.3) is 10.8 Å². The Morgan fingerprint density at radius 2 is 1.81 bits per heavy atom. The number of hydrogen-bond acceptors (Lipinski definition) is 9. The summed E-state index contributed by atoms with van der Waals surface area (Å²) in [5.41, 5.74) is 2.55. The van der Waals surface area contributed by atoms with Crippen molar-refractivity contribution in [3.8, 4) is 11.8 Å². The lowest BCUT2D eigenvalue weighted by molar-refractivity contribution is 0.0122. The number of rotatable bonds is 6. The van der Waals surface area contributed by atoms with E-state index in [1.54, 1.807) is 6.07 Å². The molecule has 0 spiro atoms. The number of benzene rings is 2. The minimum Gasteiger partial charge on any atom is -0.508 e. The molecule has 43 heavy (non-hydrogen) atoms. The Bertz CT molecular complexity index is 1490. The lowest BCUT2D eigenvalue weighted by Gasteiger charge is -2.43. The number of ether oxygens (including phenoxy) is 2. The van der Waals surface area contributed by atoms with Crippen molar-refractivity contribution >= 4 is 28.4 Å². The first-order chi connectivity index (χ1) is 20.4. The molecule has 10 heteroatoms. The molecule has 6 rings (SSSR count). The zero-order chi connectivity index (χ0) is 30.5. The molecule has 2 aromatic carbocycles. The number of amides is 1. The number of fused-ring (bicyclic) bond motifs is 4. The number of carbonyl (C=O) groups is 1. The lowest BCUT2D eigenvalue weighted by Crippen LogP contribution is -2.57. The summed E-state index contributed by atoms with van der Waals surface area (Å²) < 4.78 is 12.1. The third kappa shape index (κ3) is 6.16. The summed E-state index contributed by atoms with van der Waals surface area (Å²) in [5.74, 6) is 1.17. The zero-order valence-electron chi connectivity index (χ0n) is 26.2. The van der Waals surface area contributed by atoms with Crippen LogP contribution in [0.5, 0.6) is 11.8 Å². The molecule has 0 saturated carbocycles. The molecule has 2 saturated heterocycles. The molecule has 3 unspecified atom stereocenters. The van der Waals surface area contributed by atoms with E-state index < -0.39 is 5.60 Å². The third-order valence-electron chi connectivity index (χ3n) is 8.50. The van der Waals surface area contributed by atoms with Crippen LogP contribution in [0.1, 0.15) is 51.8 Å². The Hall–Kier alpha value is -3.79. The van der Waals surface area contributed by atoms with Crippen molar-refractivity contribution in [3.63, 3.8) is 0 Å². The van der Waals surface area contributed by atoms with Crippen LogP contribution in [-0.2, 0) is 17.7 Å². The van der Waals surface area contributed by atoms with Crippen molar-refractivity contribution in [2.75, 3.05) is 50.1 Å². The first-order valence-corrected chi connectivity index (χ1v) is 15.4. The molecule has 3 atom stereocenters. The number of nitrogens with zero attached hydrogens (tertiary/aromatic N) is 6. The first kappa shape index (κ1) is 29.3. The monoisotopic (exact) mass is 588 g/mol. The van der Waals surface area contributed by atoms with Crippen LogP contribution < -0.4 is 14.5 Å². The van der Waals surface area contributed by atoms with E-state index in [1.807, 2.05) is 71.0 Å². The molecule has 2 bridgehead atoms. The van der Waals surface area contributed by atoms with Gasteiger partial charge in [0.1, 0.15) is 23.3 Å². The van der Waals surface area contributed by atoms with Crippen LogP contribution in [0, 0.1) is 0 Å². The molecule has 1 amide bonds. The van der Waals surface area contributed by atoms with Crippen molar-refractivity contribution in [3.05, 3.63) is 47.7 Å². The highest BCUT2D eigenvalue weighted by atomic mass is 16.6. The van der Waals surface area contributed by atoms with E-state index in [1.165, 1.54) is 0 Å². The summed E-state index contributed by atoms with van der Waals surface area (Å²) in [7, 11) is 4.05. The lowest BCUT2D eigenvalue weighted by atomic mass is 10.0. The average Bonchev–Trinajstić information content (AvgIpc) is 3.20. The standard InChI is InChI=1S/C33H44N6O4/c1-21(17-36(5)6)42-31-34-28-20-37(29-16-25(40)15-22-9-7-8-10-26(22)29)14-13-27(28)30(35-31)38-18-23-11-12-24(19-38)39(23)32(41)43-33(2,3)4/h7-10,15-16,21,23-24,40H,11-14,17-20H2,1-6H3. The molecule has 10 nitrogen and oxygen atoms in total. The van der Waals surface area contributed by atoms with Crippen molar-refractivity contribution in [1.29, 1.82) is 0 Å². The maximum Gasteiger partial charge on any atom is 0.410 e. The van der Waals surface area contributed by atoms with E-state index >= 15 is 0 Å². The van der Waals surface area contributed by atoms with Gasteiger partial charge in [0, 0.05) is 48.9 Å². The van der Waals surface area contributed by atoms with Crippen molar-refractivity contribution in [1.82, 2.24) is 19.8 Å². The number of phenols is 1. The van der Waals surface area contributed by atoms with Crippen LogP contribution in [-0.4, -0.2) is 95.0 Å². The molecule has 0 radical (unpaired) electrons. The SMILES string of the molecule is CC(CN(C)C)Oc1nc2c(c(N3CC4CCC(C3)N4C(=O)OC(C)(C)C)n1)CCN(c1cc(O)cc3ccccc13)C2. The van der Waals surface area contributed by atoms with Crippen molar-refractivity contribution in [2.24, 2.45) is 0 Å². The second kappa shape index (κ2) is 11.4. The van der Waals surface area contributed by atoms with Crippen LogP contribution in [0.2, 0.25) is 0 Å². The Morgan fingerprint density at radius 1 is 1.09 bits per heavy atom. The largest absolute Gasteiger partial charge is 0.508 e. The number of phenolic OH excluding ortho intramolecular Hbond substituents is 1. The maximum absolute atomic E-state index is 13.1. The second-order valence-electron chi connectivity index (χ2n) is 13.5. The average molecular weight is 589 g/mol. The Labute approximate surface area is 254 Å². The zero-order valence-corrected chi connectivity index (χ0v) is 26.2. The molecule has 4 heterocycles. The second-order valence-corrected chi connectivity index (χ2v) is 13.5. The highest BCUT2D eigenvalue weighted by molar-refractivity contribution is 5.95. The number of likely N-dealkylation sites (N-methyl/N-ethyl adjacent to an activating group) is 1. The quantitative estimate of drug-likeness (QED) is 0.435. The normalized spacial score (nSPS) is 20.9. The van der Waals surface area contributed by atoms with Gasteiger partial charge in [0.2, 0.25) is 0 Å². The smallest absolute Gasteiger partial charge is 0.410 e. The fourth-order valence-electron chi connectivity index (χ4n) is 6.87. The Balaban J connectivity index is 1.32. The summed E-state index contributed by atoms with van der Waals surface area (Å²) in [6, 6.07) is 12.3. The van der Waals surface area contributed by atoms with Crippen molar-refractivity contribution < 1.29 is 19.4 Å². The van der Waals surface area contributed by atoms with Gasteiger partial charge in [-0.2, -0.15) is 9.97 Å². The van der Waals surface area contributed by atoms with Gasteiger partial charge in [-0.1, -0.05) is 24.3 Å². The summed E-state index contributed by atoms with van der Waals surface area (Å²) in [4.78, 5) is 31.8. The van der Waals surface area contributed by atoms with Gasteiger partial charge in [-0.3, -0.25) is 4.90 Å². The first-order valence-electron chi connectivity index (χ1n) is 15.4. The molecule has 2 fully saturated rings. The van der Waals surface area contributed by atoms with Crippen LogP contribution in [0.4, 0.5) is 16.3 Å². The van der Waals surface area contributed by atoms with E-state index in [2.05, 4.69) is 20.8 Å². The summed E-state index contributed by atoms with van der Waals surface area (Å²) in [6.45, 7) is 11.3. The van der Waals surface area contributed by atoms with E-state index in [0.717, 1.165) is 65.9 Å². The van der Waals surface area contributed by atoms with E-state index in [9.17, 15) is 9.90 Å². The number of aromatic hydroxyl groups is 1. The molecule has 0 aliphatic carbocycles. The van der Waals surface area contributed by atoms with Gasteiger partial charge in [-0.25, -0.2) is 4.79 Å². The highest BCUT2D eigenvalue weighted by Crippen LogP contribution is 2.39. The summed E-state index contributed by atoms with van der Waals surface area (Å²) in [6.07, 6.45) is 2.37. The fourth-order valence-corrected chi connectivity index (χ4v) is 6.87. The number of hydrogen-bond donors (Lipinski definition) is 1. The molecule has 1 N–H and O–H groups in total. The predicted octanol–water partition coefficient (Wildman–Crippen LogP) is 4.82. The molecule has 1 aromatic heterocycles. The minimum atomic E-state index is -0.526. The van der Waals surface area contributed by atoms with Gasteiger partial charge in [-0.15, -0.1) is 0 Å². The Morgan fingerprint density at radius 3 is 2.51 bits per heavy atom. The van der Waals surface area contributed by atoms with Gasteiger partial charge in [0.15, 0.2) is 0 Å². The molecular formula is C33H44N6O4. The topological polar surface area (TPSA) is 94.5 Å². The fraction of sp³-hybridized carbons (Fsp3) is 0.545. The van der Waals surface area contributed by atoms with Gasteiger partial charge >= 0.3 is 12.1 Å². The Kier molecular flexibility index (Phi) is 7.75. The van der Waals surface area contributed by atoms with Crippen LogP contribution in [0.15, 0.2) is 36.4 Å². The third-order valence-corrected chi connectivity index (χ3v) is 8.50. The predicted molar refractivity (Wildman–Crippen MR) is 168 cm³/mol. The van der Waals surface area contributed by atoms with Crippen molar-refractivity contribution in [2.45, 2.75) is 77.3 Å². The number of anilines is 2. The van der Waals surface area contributed by atoms with Gasteiger partial charge in [-0.05, 0) is 72.5 Å². The number of carbonyl (C=O) groups excluding carboxylic acids is 1. The van der Waals surface area contributed by atoms with Gasteiger partial charge < -0.3 is 29.3 Å². The summed E-state index contributed by atoms with van der Waals surface area (Å²) in [5, 5.41) is 12.6. The van der Waals surface area contributed by atoms with E-state index in [0.29, 0.717) is 25.6 Å². The molecule has 230 valence electrons. The molecular weight excluding hydrogens is 544 g/mol. The summed E-state index contributed by atoms with van der Waals surface area (Å²) >= 11 is 0. The van der Waals surface area contributed by atoms with Crippen LogP contribution in [0.3, 0.4) is 0 Å². The molecule has 3 aliphatic heterocycles. The van der Waals surface area contributed by atoms with Gasteiger partial charge in [0.25, 0.3) is 0 Å². The number of aromatic nitrogens is 2. The molecule has 3 aromatic rings. The minimum absolute atomic E-state index is 0.0787. The molecule has 3 aliphatic rings. The van der Waals surface area contributed by atoms with E-state index in [-0.39, 0.29) is 30.0 Å². The van der Waals surface area contributed by atoms with Crippen LogP contribution >= 0.6 is 0 Å². The van der Waals surface area contributed by atoms with Gasteiger partial charge in [0.05, 0.1) is 24.3 Å².